The lowest BCUT2D eigenvalue weighted by Crippen LogP contribution is -2.29. The molecule has 6 heteroatoms. The molecule has 3 N–H and O–H groups in total. The molecule has 124 valence electrons. The molecule has 2 aromatic rings. The average Bonchev–Trinajstić information content (AvgIpc) is 2.60. The fourth-order valence-corrected chi connectivity index (χ4v) is 2.02. The van der Waals surface area contributed by atoms with Crippen molar-refractivity contribution >= 4 is 17.5 Å². The Morgan fingerprint density at radius 3 is 2.42 bits per heavy atom. The number of nitrogens with one attached hydrogen (secondary N) is 2. The van der Waals surface area contributed by atoms with Gasteiger partial charge in [0.05, 0.1) is 5.71 Å². The molecule has 0 aromatic heterocycles. The van der Waals surface area contributed by atoms with E-state index in [4.69, 9.17) is 0 Å². The van der Waals surface area contributed by atoms with Crippen LogP contribution < -0.4 is 10.7 Å². The molecule has 0 atom stereocenters. The number of hydrogen-bond acceptors (Lipinski definition) is 4. The Hall–Kier alpha value is -3.15. The maximum absolute atomic E-state index is 11.8. The summed E-state index contributed by atoms with van der Waals surface area (Å²) >= 11 is 0. The molecule has 0 bridgehead atoms. The predicted octanol–water partition coefficient (Wildman–Crippen LogP) is 2.05. The van der Waals surface area contributed by atoms with Crippen LogP contribution in [0.1, 0.15) is 29.3 Å². The highest BCUT2D eigenvalue weighted by atomic mass is 16.3. The van der Waals surface area contributed by atoms with Gasteiger partial charge in [-0.05, 0) is 31.2 Å². The molecule has 0 saturated carbocycles. The van der Waals surface area contributed by atoms with Gasteiger partial charge in [0, 0.05) is 24.1 Å². The number of hydrogen-bond donors (Lipinski definition) is 3. The second-order valence-electron chi connectivity index (χ2n) is 5.12. The normalized spacial score (nSPS) is 11.0. The number of phenols is 1. The maximum atomic E-state index is 11.8. The van der Waals surface area contributed by atoms with Gasteiger partial charge in [-0.1, -0.05) is 30.3 Å². The van der Waals surface area contributed by atoms with Gasteiger partial charge >= 0.3 is 0 Å². The summed E-state index contributed by atoms with van der Waals surface area (Å²) in [5, 5.41) is 16.3. The van der Waals surface area contributed by atoms with Crippen molar-refractivity contribution < 1.29 is 14.7 Å². The van der Waals surface area contributed by atoms with Crippen molar-refractivity contribution in [2.24, 2.45) is 5.10 Å². The smallest absolute Gasteiger partial charge is 0.251 e. The summed E-state index contributed by atoms with van der Waals surface area (Å²) in [4.78, 5) is 23.6. The summed E-state index contributed by atoms with van der Waals surface area (Å²) in [7, 11) is 0. The molecule has 0 spiro atoms. The SMILES string of the molecule is C/C(=N\NC(=O)CCNC(=O)c1ccccc1)c1ccccc1O. The van der Waals surface area contributed by atoms with E-state index in [0.29, 0.717) is 16.8 Å². The molecule has 2 aromatic carbocycles. The van der Waals surface area contributed by atoms with E-state index < -0.39 is 0 Å². The van der Waals surface area contributed by atoms with Gasteiger partial charge in [-0.2, -0.15) is 5.10 Å². The van der Waals surface area contributed by atoms with E-state index >= 15 is 0 Å². The quantitative estimate of drug-likeness (QED) is 0.561. The fraction of sp³-hybridized carbons (Fsp3) is 0.167. The Labute approximate surface area is 140 Å². The zero-order valence-corrected chi connectivity index (χ0v) is 13.3. The van der Waals surface area contributed by atoms with Crippen LogP contribution in [0.15, 0.2) is 59.7 Å². The van der Waals surface area contributed by atoms with E-state index in [-0.39, 0.29) is 30.5 Å². The zero-order valence-electron chi connectivity index (χ0n) is 13.3. The highest BCUT2D eigenvalue weighted by molar-refractivity contribution is 6.01. The molecule has 0 radical (unpaired) electrons. The fourth-order valence-electron chi connectivity index (χ4n) is 2.02. The van der Waals surface area contributed by atoms with E-state index in [0.717, 1.165) is 0 Å². The van der Waals surface area contributed by atoms with Crippen molar-refractivity contribution in [2.75, 3.05) is 6.54 Å². The highest BCUT2D eigenvalue weighted by Gasteiger charge is 2.07. The van der Waals surface area contributed by atoms with Crippen molar-refractivity contribution in [2.45, 2.75) is 13.3 Å². The van der Waals surface area contributed by atoms with Crippen LogP contribution in [-0.2, 0) is 4.79 Å². The molecule has 0 aliphatic rings. The number of carbonyl (C=O) groups excluding carboxylic acids is 2. The molecular weight excluding hydrogens is 306 g/mol. The zero-order chi connectivity index (χ0) is 17.4. The molecule has 2 rings (SSSR count). The highest BCUT2D eigenvalue weighted by Crippen LogP contribution is 2.16. The lowest BCUT2D eigenvalue weighted by molar-refractivity contribution is -0.120. The molecule has 0 fully saturated rings. The first-order valence-corrected chi connectivity index (χ1v) is 7.52. The van der Waals surface area contributed by atoms with Gasteiger partial charge in [-0.15, -0.1) is 0 Å². The van der Waals surface area contributed by atoms with Crippen LogP contribution >= 0.6 is 0 Å². The topological polar surface area (TPSA) is 90.8 Å². The molecule has 0 saturated heterocycles. The minimum Gasteiger partial charge on any atom is -0.507 e. The number of hydrazone groups is 1. The third kappa shape index (κ3) is 4.95. The van der Waals surface area contributed by atoms with E-state index in [1.165, 1.54) is 0 Å². The van der Waals surface area contributed by atoms with Crippen LogP contribution in [0.25, 0.3) is 0 Å². The first-order valence-electron chi connectivity index (χ1n) is 7.52. The lowest BCUT2D eigenvalue weighted by atomic mass is 10.1. The summed E-state index contributed by atoms with van der Waals surface area (Å²) < 4.78 is 0. The molecule has 0 unspecified atom stereocenters. The molecule has 6 nitrogen and oxygen atoms in total. The van der Waals surface area contributed by atoms with Gasteiger partial charge < -0.3 is 10.4 Å². The van der Waals surface area contributed by atoms with E-state index in [9.17, 15) is 14.7 Å². The number of amides is 2. The van der Waals surface area contributed by atoms with Crippen molar-refractivity contribution in [1.29, 1.82) is 0 Å². The summed E-state index contributed by atoms with van der Waals surface area (Å²) in [6.45, 7) is 1.90. The minimum absolute atomic E-state index is 0.100. The van der Waals surface area contributed by atoms with Crippen molar-refractivity contribution in [3.63, 3.8) is 0 Å². The monoisotopic (exact) mass is 325 g/mol. The van der Waals surface area contributed by atoms with Crippen LogP contribution in [0, 0.1) is 0 Å². The molecule has 0 aliphatic carbocycles. The average molecular weight is 325 g/mol. The number of rotatable bonds is 6. The van der Waals surface area contributed by atoms with Crippen LogP contribution in [0.2, 0.25) is 0 Å². The first kappa shape index (κ1) is 17.2. The molecular formula is C18H19N3O3. The third-order valence-electron chi connectivity index (χ3n) is 3.32. The van der Waals surface area contributed by atoms with Gasteiger partial charge in [0.2, 0.25) is 5.91 Å². The molecule has 2 amide bonds. The van der Waals surface area contributed by atoms with Gasteiger partial charge in [0.1, 0.15) is 5.75 Å². The van der Waals surface area contributed by atoms with Crippen LogP contribution in [0.5, 0.6) is 5.75 Å². The Morgan fingerprint density at radius 1 is 1.04 bits per heavy atom. The Bertz CT molecular complexity index is 742. The van der Waals surface area contributed by atoms with Crippen molar-refractivity contribution in [3.05, 3.63) is 65.7 Å². The molecule has 0 heterocycles. The van der Waals surface area contributed by atoms with E-state index in [1.807, 2.05) is 6.07 Å². The molecule has 0 aliphatic heterocycles. The number of benzene rings is 2. The third-order valence-corrected chi connectivity index (χ3v) is 3.32. The van der Waals surface area contributed by atoms with Crippen molar-refractivity contribution in [1.82, 2.24) is 10.7 Å². The summed E-state index contributed by atoms with van der Waals surface area (Å²) in [6.07, 6.45) is 0.107. The minimum atomic E-state index is -0.321. The van der Waals surface area contributed by atoms with Crippen LogP contribution in [0.3, 0.4) is 0 Å². The summed E-state index contributed by atoms with van der Waals surface area (Å²) in [5.74, 6) is -0.446. The Kier molecular flexibility index (Phi) is 6.08. The largest absolute Gasteiger partial charge is 0.507 e. The lowest BCUT2D eigenvalue weighted by Gasteiger charge is -2.06. The van der Waals surface area contributed by atoms with Gasteiger partial charge in [-0.3, -0.25) is 9.59 Å². The Balaban J connectivity index is 1.78. The summed E-state index contributed by atoms with van der Waals surface area (Å²) in [5.41, 5.74) is 4.00. The van der Waals surface area contributed by atoms with Gasteiger partial charge in [0.25, 0.3) is 5.91 Å². The van der Waals surface area contributed by atoms with E-state index in [2.05, 4.69) is 15.8 Å². The van der Waals surface area contributed by atoms with Gasteiger partial charge in [-0.25, -0.2) is 5.43 Å². The maximum Gasteiger partial charge on any atom is 0.251 e. The Morgan fingerprint density at radius 2 is 1.71 bits per heavy atom. The van der Waals surface area contributed by atoms with Gasteiger partial charge in [0.15, 0.2) is 0 Å². The molecule has 24 heavy (non-hydrogen) atoms. The van der Waals surface area contributed by atoms with Crippen molar-refractivity contribution in [3.8, 4) is 5.75 Å². The van der Waals surface area contributed by atoms with E-state index in [1.54, 1.807) is 55.5 Å². The predicted molar refractivity (Wildman–Crippen MR) is 91.9 cm³/mol. The number of nitrogens with zero attached hydrogens (tertiary/aromatic N) is 1. The van der Waals surface area contributed by atoms with Crippen LogP contribution in [-0.4, -0.2) is 29.2 Å². The number of carbonyl (C=O) groups is 2. The standard InChI is InChI=1S/C18H19N3O3/c1-13(15-9-5-6-10-16(15)22)20-21-17(23)11-12-19-18(24)14-7-3-2-4-8-14/h2-10,22H,11-12H2,1H3,(H,19,24)(H,21,23)/b20-13+. The second-order valence-corrected chi connectivity index (χ2v) is 5.12. The number of para-hydroxylation sites is 1. The number of aromatic hydroxyl groups is 1. The number of phenolic OH excluding ortho intramolecular Hbond substituents is 1. The van der Waals surface area contributed by atoms with Crippen LogP contribution in [0.4, 0.5) is 0 Å². The summed E-state index contributed by atoms with van der Waals surface area (Å²) in [6, 6.07) is 15.5. The first-order chi connectivity index (χ1) is 11.6. The second kappa shape index (κ2) is 8.47.